The van der Waals surface area contributed by atoms with Crippen LogP contribution in [0.5, 0.6) is 0 Å². The first-order valence-electron chi connectivity index (χ1n) is 8.12. The normalized spacial score (nSPS) is 21.2. The third-order valence-electron chi connectivity index (χ3n) is 4.55. The average molecular weight is 291 g/mol. The quantitative estimate of drug-likeness (QED) is 0.856. The number of hydrogen-bond acceptors (Lipinski definition) is 4. The topological polar surface area (TPSA) is 85.8 Å². The van der Waals surface area contributed by atoms with E-state index in [2.05, 4.69) is 20.1 Å². The van der Waals surface area contributed by atoms with Crippen LogP contribution in [0, 0.1) is 5.92 Å². The molecular formula is C15H25N5O. The van der Waals surface area contributed by atoms with Gasteiger partial charge >= 0.3 is 0 Å². The second kappa shape index (κ2) is 6.13. The summed E-state index contributed by atoms with van der Waals surface area (Å²) in [5.74, 6) is 2.50. The zero-order valence-corrected chi connectivity index (χ0v) is 12.7. The minimum absolute atomic E-state index is 0.00714. The van der Waals surface area contributed by atoms with Crippen molar-refractivity contribution >= 4 is 5.91 Å². The number of amides is 1. The van der Waals surface area contributed by atoms with Gasteiger partial charge in [-0.3, -0.25) is 4.79 Å². The molecule has 3 N–H and O–H groups in total. The van der Waals surface area contributed by atoms with Gasteiger partial charge in [0.2, 0.25) is 5.91 Å². The molecule has 2 heterocycles. The molecule has 1 saturated carbocycles. The summed E-state index contributed by atoms with van der Waals surface area (Å²) >= 11 is 0. The molecule has 0 bridgehead atoms. The number of nitrogens with zero attached hydrogens (tertiary/aromatic N) is 3. The zero-order chi connectivity index (χ0) is 14.8. The highest BCUT2D eigenvalue weighted by Crippen LogP contribution is 2.32. The van der Waals surface area contributed by atoms with Crippen molar-refractivity contribution in [2.75, 3.05) is 0 Å². The Kier molecular flexibility index (Phi) is 4.24. The van der Waals surface area contributed by atoms with Gasteiger partial charge in [-0.25, -0.2) is 0 Å². The van der Waals surface area contributed by atoms with Gasteiger partial charge < -0.3 is 15.6 Å². The Morgan fingerprint density at radius 2 is 2.19 bits per heavy atom. The minimum Gasteiger partial charge on any atom is -0.346 e. The van der Waals surface area contributed by atoms with Gasteiger partial charge in [0, 0.05) is 25.4 Å². The van der Waals surface area contributed by atoms with E-state index in [4.69, 9.17) is 5.73 Å². The van der Waals surface area contributed by atoms with Gasteiger partial charge in [-0.1, -0.05) is 6.42 Å². The number of carbonyl (C=O) groups excluding carboxylic acids is 1. The number of carbonyl (C=O) groups is 1. The maximum Gasteiger partial charge on any atom is 0.222 e. The lowest BCUT2D eigenvalue weighted by molar-refractivity contribution is -0.122. The molecule has 2 atom stereocenters. The molecule has 116 valence electrons. The first kappa shape index (κ1) is 14.5. The van der Waals surface area contributed by atoms with Crippen molar-refractivity contribution in [2.24, 2.45) is 11.7 Å². The highest BCUT2D eigenvalue weighted by molar-refractivity contribution is 5.77. The Balaban J connectivity index is 1.60. The minimum atomic E-state index is -0.108. The third kappa shape index (κ3) is 3.43. The van der Waals surface area contributed by atoms with E-state index < -0.39 is 0 Å². The van der Waals surface area contributed by atoms with E-state index in [0.29, 0.717) is 12.3 Å². The second-order valence-corrected chi connectivity index (χ2v) is 6.43. The molecular weight excluding hydrogens is 266 g/mol. The van der Waals surface area contributed by atoms with Crippen LogP contribution in [0.1, 0.15) is 63.1 Å². The Morgan fingerprint density at radius 1 is 1.38 bits per heavy atom. The summed E-state index contributed by atoms with van der Waals surface area (Å²) in [5.41, 5.74) is 6.01. The van der Waals surface area contributed by atoms with Crippen molar-refractivity contribution in [3.63, 3.8) is 0 Å². The zero-order valence-electron chi connectivity index (χ0n) is 12.7. The molecule has 0 aromatic carbocycles. The monoisotopic (exact) mass is 291 g/mol. The predicted molar refractivity (Wildman–Crippen MR) is 79.5 cm³/mol. The van der Waals surface area contributed by atoms with Gasteiger partial charge in [0.1, 0.15) is 5.82 Å². The smallest absolute Gasteiger partial charge is 0.222 e. The molecule has 6 nitrogen and oxygen atoms in total. The van der Waals surface area contributed by atoms with E-state index in [1.165, 1.54) is 25.7 Å². The fourth-order valence-electron chi connectivity index (χ4n) is 3.10. The molecule has 1 amide bonds. The van der Waals surface area contributed by atoms with Crippen LogP contribution in [0.15, 0.2) is 0 Å². The average Bonchev–Trinajstić information content (AvgIpc) is 3.24. The molecule has 6 heteroatoms. The van der Waals surface area contributed by atoms with E-state index in [-0.39, 0.29) is 18.0 Å². The van der Waals surface area contributed by atoms with Gasteiger partial charge in [0.05, 0.1) is 6.04 Å². The molecule has 1 fully saturated rings. The lowest BCUT2D eigenvalue weighted by Crippen LogP contribution is -2.35. The molecule has 0 saturated heterocycles. The van der Waals surface area contributed by atoms with Crippen LogP contribution in [-0.4, -0.2) is 26.7 Å². The predicted octanol–water partition coefficient (Wildman–Crippen LogP) is 1.31. The molecule has 1 aromatic rings. The van der Waals surface area contributed by atoms with Gasteiger partial charge in [0.15, 0.2) is 5.82 Å². The largest absolute Gasteiger partial charge is 0.346 e. The second-order valence-electron chi connectivity index (χ2n) is 6.43. The van der Waals surface area contributed by atoms with Gasteiger partial charge in [-0.05, 0) is 38.5 Å². The summed E-state index contributed by atoms with van der Waals surface area (Å²) in [5, 5.41) is 11.6. The molecule has 0 spiro atoms. The molecule has 1 aliphatic carbocycles. The van der Waals surface area contributed by atoms with E-state index in [1.807, 2.05) is 6.92 Å². The Bertz CT molecular complexity index is 508. The molecule has 21 heavy (non-hydrogen) atoms. The highest BCUT2D eigenvalue weighted by atomic mass is 16.1. The number of aromatic nitrogens is 3. The lowest BCUT2D eigenvalue weighted by Gasteiger charge is -2.17. The van der Waals surface area contributed by atoms with Crippen molar-refractivity contribution in [3.05, 3.63) is 11.6 Å². The summed E-state index contributed by atoms with van der Waals surface area (Å²) < 4.78 is 2.18. The number of nitrogens with one attached hydrogen (secondary N) is 1. The first-order chi connectivity index (χ1) is 10.1. The maximum atomic E-state index is 12.1. The van der Waals surface area contributed by atoms with E-state index in [9.17, 15) is 4.79 Å². The summed E-state index contributed by atoms with van der Waals surface area (Å²) in [4.78, 5) is 12.1. The van der Waals surface area contributed by atoms with E-state index >= 15 is 0 Å². The fraction of sp³-hybridized carbons (Fsp3) is 0.800. The van der Waals surface area contributed by atoms with E-state index in [1.54, 1.807) is 0 Å². The molecule has 1 aliphatic heterocycles. The SMILES string of the molecule is CC(NC(=O)CC(N)C1CC1)c1nnc2n1CCCCC2. The van der Waals surface area contributed by atoms with Crippen molar-refractivity contribution in [2.45, 2.75) is 70.5 Å². The number of aryl methyl sites for hydroxylation is 1. The summed E-state index contributed by atoms with van der Waals surface area (Å²) in [6, 6.07) is -0.101. The number of fused-ring (bicyclic) bond motifs is 1. The third-order valence-corrected chi connectivity index (χ3v) is 4.55. The van der Waals surface area contributed by atoms with Crippen LogP contribution in [0.2, 0.25) is 0 Å². The molecule has 2 unspecified atom stereocenters. The first-order valence-corrected chi connectivity index (χ1v) is 8.12. The summed E-state index contributed by atoms with van der Waals surface area (Å²) in [6.07, 6.45) is 7.31. The van der Waals surface area contributed by atoms with Crippen molar-refractivity contribution in [1.82, 2.24) is 20.1 Å². The van der Waals surface area contributed by atoms with Gasteiger partial charge in [-0.2, -0.15) is 0 Å². The highest BCUT2D eigenvalue weighted by Gasteiger charge is 2.30. The Labute approximate surface area is 125 Å². The standard InChI is InChI=1S/C15H25N5O/c1-10(17-14(21)9-12(16)11-6-7-11)15-19-18-13-5-3-2-4-8-20(13)15/h10-12H,2-9,16H2,1H3,(H,17,21). The van der Waals surface area contributed by atoms with Crippen LogP contribution in [0.25, 0.3) is 0 Å². The summed E-state index contributed by atoms with van der Waals surface area (Å²) in [7, 11) is 0. The van der Waals surface area contributed by atoms with Crippen LogP contribution in [0.4, 0.5) is 0 Å². The van der Waals surface area contributed by atoms with Crippen molar-refractivity contribution in [3.8, 4) is 0 Å². The maximum absolute atomic E-state index is 12.1. The van der Waals surface area contributed by atoms with Crippen LogP contribution < -0.4 is 11.1 Å². The number of nitrogens with two attached hydrogens (primary N) is 1. The van der Waals surface area contributed by atoms with Gasteiger partial charge in [0.25, 0.3) is 0 Å². The van der Waals surface area contributed by atoms with Crippen molar-refractivity contribution < 1.29 is 4.79 Å². The van der Waals surface area contributed by atoms with Gasteiger partial charge in [-0.15, -0.1) is 10.2 Å². The Hall–Kier alpha value is -1.43. The number of hydrogen-bond donors (Lipinski definition) is 2. The Morgan fingerprint density at radius 3 is 2.95 bits per heavy atom. The number of rotatable bonds is 5. The van der Waals surface area contributed by atoms with Crippen molar-refractivity contribution in [1.29, 1.82) is 0 Å². The van der Waals surface area contributed by atoms with Crippen LogP contribution >= 0.6 is 0 Å². The molecule has 1 aromatic heterocycles. The van der Waals surface area contributed by atoms with E-state index in [0.717, 1.165) is 31.0 Å². The van der Waals surface area contributed by atoms with Crippen LogP contribution in [-0.2, 0) is 17.8 Å². The van der Waals surface area contributed by atoms with Crippen LogP contribution in [0.3, 0.4) is 0 Å². The molecule has 0 radical (unpaired) electrons. The molecule has 2 aliphatic rings. The summed E-state index contributed by atoms with van der Waals surface area (Å²) in [6.45, 7) is 2.93. The molecule has 3 rings (SSSR count). The lowest BCUT2D eigenvalue weighted by atomic mass is 10.1. The fourth-order valence-corrected chi connectivity index (χ4v) is 3.10.